The molecule has 1 N–H and O–H groups in total. The highest BCUT2D eigenvalue weighted by atomic mass is 35.5. The summed E-state index contributed by atoms with van der Waals surface area (Å²) in [6.07, 6.45) is 2.57. The summed E-state index contributed by atoms with van der Waals surface area (Å²) in [4.78, 5) is 4.16. The molecule has 0 atom stereocenters. The predicted octanol–water partition coefficient (Wildman–Crippen LogP) is 3.13. The van der Waals surface area contributed by atoms with Crippen molar-refractivity contribution in [3.8, 4) is 5.88 Å². The zero-order chi connectivity index (χ0) is 14.5. The van der Waals surface area contributed by atoms with Crippen molar-refractivity contribution in [1.82, 2.24) is 14.8 Å². The Balaban J connectivity index is 2.11. The van der Waals surface area contributed by atoms with Gasteiger partial charge in [-0.2, -0.15) is 5.10 Å². The van der Waals surface area contributed by atoms with Gasteiger partial charge in [0.1, 0.15) is 0 Å². The molecule has 0 aromatic carbocycles. The molecule has 20 heavy (non-hydrogen) atoms. The Labute approximate surface area is 123 Å². The van der Waals surface area contributed by atoms with E-state index in [0.717, 1.165) is 35.1 Å². The highest BCUT2D eigenvalue weighted by Crippen LogP contribution is 2.22. The molecule has 0 fully saturated rings. The molecular weight excluding hydrogens is 276 g/mol. The molecule has 0 aliphatic rings. The molecule has 2 heterocycles. The summed E-state index contributed by atoms with van der Waals surface area (Å²) in [6.45, 7) is 5.53. The van der Waals surface area contributed by atoms with Gasteiger partial charge in [-0.3, -0.25) is 4.68 Å². The third kappa shape index (κ3) is 3.04. The minimum Gasteiger partial charge on any atom is -0.481 e. The number of hydrogen-bond donors (Lipinski definition) is 1. The van der Waals surface area contributed by atoms with Gasteiger partial charge >= 0.3 is 0 Å². The highest BCUT2D eigenvalue weighted by Gasteiger charge is 2.13. The molecule has 0 saturated carbocycles. The summed E-state index contributed by atoms with van der Waals surface area (Å²) in [6, 6.07) is 3.74. The number of hydrogen-bond acceptors (Lipinski definition) is 4. The molecule has 0 aliphatic heterocycles. The summed E-state index contributed by atoms with van der Waals surface area (Å²) in [5.41, 5.74) is 2.86. The number of ether oxygens (including phenoxy) is 1. The molecule has 0 aliphatic carbocycles. The normalized spacial score (nSPS) is 10.6. The number of methoxy groups -OCH3 is 1. The van der Waals surface area contributed by atoms with Crippen molar-refractivity contribution in [2.75, 3.05) is 12.4 Å². The standard InChI is InChI=1S/C14H19ClN4O/c1-4-11-14(15)12(19(5-2)18-11)9-16-10-6-7-13(20-3)17-8-10/h6-8,16H,4-5,9H2,1-3H3. The van der Waals surface area contributed by atoms with E-state index in [1.807, 2.05) is 16.8 Å². The largest absolute Gasteiger partial charge is 0.481 e. The number of pyridine rings is 1. The third-order valence-electron chi connectivity index (χ3n) is 3.10. The summed E-state index contributed by atoms with van der Waals surface area (Å²) in [7, 11) is 1.60. The predicted molar refractivity (Wildman–Crippen MR) is 80.4 cm³/mol. The number of rotatable bonds is 6. The van der Waals surface area contributed by atoms with Crippen molar-refractivity contribution in [2.24, 2.45) is 0 Å². The molecule has 0 saturated heterocycles. The second-order valence-electron chi connectivity index (χ2n) is 4.32. The van der Waals surface area contributed by atoms with Gasteiger partial charge in [0.15, 0.2) is 0 Å². The lowest BCUT2D eigenvalue weighted by Gasteiger charge is -2.08. The van der Waals surface area contributed by atoms with Gasteiger partial charge in [0.2, 0.25) is 5.88 Å². The maximum atomic E-state index is 6.36. The zero-order valence-corrected chi connectivity index (χ0v) is 12.7. The summed E-state index contributed by atoms with van der Waals surface area (Å²) < 4.78 is 6.97. The number of aromatic nitrogens is 3. The summed E-state index contributed by atoms with van der Waals surface area (Å²) >= 11 is 6.36. The number of aryl methyl sites for hydroxylation is 2. The molecular formula is C14H19ClN4O. The van der Waals surface area contributed by atoms with E-state index in [1.165, 1.54) is 0 Å². The third-order valence-corrected chi connectivity index (χ3v) is 3.54. The number of nitrogens with one attached hydrogen (secondary N) is 1. The van der Waals surface area contributed by atoms with E-state index in [1.54, 1.807) is 13.3 Å². The SMILES string of the molecule is CCc1nn(CC)c(CNc2ccc(OC)nc2)c1Cl. The molecule has 6 heteroatoms. The first-order valence-corrected chi connectivity index (χ1v) is 7.05. The average Bonchev–Trinajstić information content (AvgIpc) is 2.81. The second kappa shape index (κ2) is 6.61. The zero-order valence-electron chi connectivity index (χ0n) is 12.0. The van der Waals surface area contributed by atoms with Crippen LogP contribution in [-0.2, 0) is 19.5 Å². The van der Waals surface area contributed by atoms with Crippen LogP contribution >= 0.6 is 11.6 Å². The van der Waals surface area contributed by atoms with E-state index in [2.05, 4.69) is 29.2 Å². The van der Waals surface area contributed by atoms with E-state index < -0.39 is 0 Å². The van der Waals surface area contributed by atoms with Crippen LogP contribution in [0.4, 0.5) is 5.69 Å². The van der Waals surface area contributed by atoms with Crippen LogP contribution in [0.1, 0.15) is 25.2 Å². The van der Waals surface area contributed by atoms with Crippen LogP contribution in [0.25, 0.3) is 0 Å². The van der Waals surface area contributed by atoms with Crippen LogP contribution in [0.2, 0.25) is 5.02 Å². The minimum absolute atomic E-state index is 0.598. The summed E-state index contributed by atoms with van der Waals surface area (Å²) in [5, 5.41) is 8.55. The molecule has 0 radical (unpaired) electrons. The molecule has 0 amide bonds. The molecule has 0 unspecified atom stereocenters. The maximum Gasteiger partial charge on any atom is 0.213 e. The van der Waals surface area contributed by atoms with E-state index in [9.17, 15) is 0 Å². The second-order valence-corrected chi connectivity index (χ2v) is 4.70. The maximum absolute atomic E-state index is 6.36. The molecule has 2 aromatic rings. The van der Waals surface area contributed by atoms with Crippen molar-refractivity contribution < 1.29 is 4.74 Å². The topological polar surface area (TPSA) is 52.0 Å². The van der Waals surface area contributed by atoms with Crippen LogP contribution in [0, 0.1) is 0 Å². The first kappa shape index (κ1) is 14.7. The lowest BCUT2D eigenvalue weighted by Crippen LogP contribution is -2.08. The van der Waals surface area contributed by atoms with Gasteiger partial charge in [-0.1, -0.05) is 18.5 Å². The Morgan fingerprint density at radius 3 is 2.70 bits per heavy atom. The van der Waals surface area contributed by atoms with Gasteiger partial charge in [0, 0.05) is 12.6 Å². The van der Waals surface area contributed by atoms with Gasteiger partial charge in [-0.25, -0.2) is 4.98 Å². The van der Waals surface area contributed by atoms with Gasteiger partial charge in [0.05, 0.1) is 41.9 Å². The fourth-order valence-electron chi connectivity index (χ4n) is 1.98. The van der Waals surface area contributed by atoms with Gasteiger partial charge in [-0.05, 0) is 19.4 Å². The Kier molecular flexibility index (Phi) is 4.84. The Hall–Kier alpha value is -1.75. The minimum atomic E-state index is 0.598. The van der Waals surface area contributed by atoms with Crippen LogP contribution in [0.3, 0.4) is 0 Å². The molecule has 0 bridgehead atoms. The number of nitrogens with zero attached hydrogens (tertiary/aromatic N) is 3. The van der Waals surface area contributed by atoms with Gasteiger partial charge in [0.25, 0.3) is 0 Å². The lowest BCUT2D eigenvalue weighted by molar-refractivity contribution is 0.398. The van der Waals surface area contributed by atoms with Crippen LogP contribution in [0.5, 0.6) is 5.88 Å². The highest BCUT2D eigenvalue weighted by molar-refractivity contribution is 6.31. The van der Waals surface area contributed by atoms with Crippen molar-refractivity contribution in [3.05, 3.63) is 34.7 Å². The molecule has 2 aromatic heterocycles. The van der Waals surface area contributed by atoms with Gasteiger partial charge < -0.3 is 10.1 Å². The smallest absolute Gasteiger partial charge is 0.213 e. The number of halogens is 1. The first-order chi connectivity index (χ1) is 9.69. The fourth-order valence-corrected chi connectivity index (χ4v) is 2.31. The van der Waals surface area contributed by atoms with Crippen LogP contribution in [0.15, 0.2) is 18.3 Å². The molecule has 0 spiro atoms. The van der Waals surface area contributed by atoms with E-state index in [4.69, 9.17) is 16.3 Å². The molecule has 108 valence electrons. The average molecular weight is 295 g/mol. The Morgan fingerprint density at radius 2 is 2.15 bits per heavy atom. The van der Waals surface area contributed by atoms with E-state index >= 15 is 0 Å². The Morgan fingerprint density at radius 1 is 1.35 bits per heavy atom. The van der Waals surface area contributed by atoms with Crippen molar-refractivity contribution in [2.45, 2.75) is 33.4 Å². The molecule has 2 rings (SSSR count). The lowest BCUT2D eigenvalue weighted by atomic mass is 10.3. The summed E-state index contributed by atoms with van der Waals surface area (Å²) in [5.74, 6) is 0.598. The van der Waals surface area contributed by atoms with Crippen LogP contribution < -0.4 is 10.1 Å². The first-order valence-electron chi connectivity index (χ1n) is 6.67. The number of anilines is 1. The van der Waals surface area contributed by atoms with Crippen molar-refractivity contribution in [3.63, 3.8) is 0 Å². The Bertz CT molecular complexity index is 565. The van der Waals surface area contributed by atoms with Crippen molar-refractivity contribution in [1.29, 1.82) is 0 Å². The van der Waals surface area contributed by atoms with Crippen LogP contribution in [-0.4, -0.2) is 21.9 Å². The van der Waals surface area contributed by atoms with Crippen molar-refractivity contribution >= 4 is 17.3 Å². The van der Waals surface area contributed by atoms with E-state index in [0.29, 0.717) is 12.4 Å². The fraction of sp³-hybridized carbons (Fsp3) is 0.429. The van der Waals surface area contributed by atoms with Gasteiger partial charge in [-0.15, -0.1) is 0 Å². The quantitative estimate of drug-likeness (QED) is 0.889. The molecule has 5 nitrogen and oxygen atoms in total. The monoisotopic (exact) mass is 294 g/mol. The van der Waals surface area contributed by atoms with E-state index in [-0.39, 0.29) is 0 Å².